The average Bonchev–Trinajstić information content (AvgIpc) is 2.47. The molecule has 0 fully saturated rings. The maximum Gasteiger partial charge on any atom is 0.168 e. The van der Waals surface area contributed by atoms with Gasteiger partial charge in [0.15, 0.2) is 11.6 Å². The molecule has 0 radical (unpaired) electrons. The molecule has 0 aliphatic heterocycles. The topological polar surface area (TPSA) is 47.3 Å². The first-order valence-electron chi connectivity index (χ1n) is 6.29. The molecule has 0 bridgehead atoms. The van der Waals surface area contributed by atoms with Crippen LogP contribution in [-0.2, 0) is 6.42 Å². The molecule has 0 spiro atoms. The Morgan fingerprint density at radius 3 is 2.67 bits per heavy atom. The first kappa shape index (κ1) is 16.1. The van der Waals surface area contributed by atoms with Crippen molar-refractivity contribution in [2.75, 3.05) is 7.11 Å². The molecule has 3 N–H and O–H groups in total. The smallest absolute Gasteiger partial charge is 0.168 e. The van der Waals surface area contributed by atoms with Gasteiger partial charge in [0.1, 0.15) is 5.82 Å². The van der Waals surface area contributed by atoms with Crippen LogP contribution in [0.2, 0.25) is 0 Å². The SMILES string of the molecule is COc1cccc(CC(NN)c2ccc(F)cc2I)c1F. The van der Waals surface area contributed by atoms with Gasteiger partial charge in [0.05, 0.1) is 13.2 Å². The second-order valence-corrected chi connectivity index (χ2v) is 5.68. The Labute approximate surface area is 135 Å². The predicted molar refractivity (Wildman–Crippen MR) is 85.8 cm³/mol. The van der Waals surface area contributed by atoms with E-state index in [1.165, 1.54) is 19.2 Å². The third-order valence-corrected chi connectivity index (χ3v) is 4.16. The summed E-state index contributed by atoms with van der Waals surface area (Å²) in [6, 6.07) is 9.08. The molecule has 2 rings (SSSR count). The summed E-state index contributed by atoms with van der Waals surface area (Å²) in [6.07, 6.45) is 0.334. The Morgan fingerprint density at radius 2 is 2.05 bits per heavy atom. The van der Waals surface area contributed by atoms with Crippen molar-refractivity contribution in [2.24, 2.45) is 5.84 Å². The quantitative estimate of drug-likeness (QED) is 0.457. The number of halogens is 3. The highest BCUT2D eigenvalue weighted by Gasteiger charge is 2.17. The van der Waals surface area contributed by atoms with Gasteiger partial charge < -0.3 is 4.74 Å². The van der Waals surface area contributed by atoms with Crippen molar-refractivity contribution in [3.05, 3.63) is 62.7 Å². The lowest BCUT2D eigenvalue weighted by atomic mass is 9.99. The van der Waals surface area contributed by atoms with Gasteiger partial charge in [-0.05, 0) is 58.3 Å². The maximum atomic E-state index is 14.2. The minimum atomic E-state index is -0.405. The zero-order valence-electron chi connectivity index (χ0n) is 11.4. The lowest BCUT2D eigenvalue weighted by Crippen LogP contribution is -2.30. The monoisotopic (exact) mass is 404 g/mol. The van der Waals surface area contributed by atoms with Crippen molar-refractivity contribution in [1.29, 1.82) is 0 Å². The first-order valence-corrected chi connectivity index (χ1v) is 7.37. The fourth-order valence-electron chi connectivity index (χ4n) is 2.13. The molecule has 0 saturated carbocycles. The number of hydrogen-bond donors (Lipinski definition) is 2. The predicted octanol–water partition coefficient (Wildman–Crippen LogP) is 3.33. The minimum absolute atomic E-state index is 0.192. The molecule has 21 heavy (non-hydrogen) atoms. The Morgan fingerprint density at radius 1 is 1.29 bits per heavy atom. The number of benzene rings is 2. The largest absolute Gasteiger partial charge is 0.494 e. The van der Waals surface area contributed by atoms with Crippen LogP contribution in [0, 0.1) is 15.2 Å². The molecular formula is C15H15F2IN2O. The van der Waals surface area contributed by atoms with E-state index in [2.05, 4.69) is 5.43 Å². The Hall–Kier alpha value is -1.25. The molecule has 6 heteroatoms. The van der Waals surface area contributed by atoms with Crippen LogP contribution in [0.3, 0.4) is 0 Å². The lowest BCUT2D eigenvalue weighted by molar-refractivity contribution is 0.382. The van der Waals surface area contributed by atoms with Crippen LogP contribution in [0.25, 0.3) is 0 Å². The van der Waals surface area contributed by atoms with Gasteiger partial charge >= 0.3 is 0 Å². The van der Waals surface area contributed by atoms with Crippen molar-refractivity contribution in [1.82, 2.24) is 5.43 Å². The molecule has 0 aromatic heterocycles. The van der Waals surface area contributed by atoms with Gasteiger partial charge in [-0.25, -0.2) is 8.78 Å². The molecule has 0 heterocycles. The number of hydrazine groups is 1. The van der Waals surface area contributed by atoms with Crippen molar-refractivity contribution in [3.63, 3.8) is 0 Å². The standard InChI is InChI=1S/C15H15F2IN2O/c1-21-14-4-2-3-9(15(14)17)7-13(20-19)11-6-5-10(16)8-12(11)18/h2-6,8,13,20H,7,19H2,1H3. The number of hydrogen-bond acceptors (Lipinski definition) is 3. The maximum absolute atomic E-state index is 14.2. The van der Waals surface area contributed by atoms with Crippen LogP contribution in [0.1, 0.15) is 17.2 Å². The zero-order valence-corrected chi connectivity index (χ0v) is 13.5. The zero-order chi connectivity index (χ0) is 15.4. The second-order valence-electron chi connectivity index (χ2n) is 4.52. The number of ether oxygens (including phenoxy) is 1. The summed E-state index contributed by atoms with van der Waals surface area (Å²) in [4.78, 5) is 0. The summed E-state index contributed by atoms with van der Waals surface area (Å²) in [6.45, 7) is 0. The van der Waals surface area contributed by atoms with Gasteiger partial charge in [0, 0.05) is 3.57 Å². The van der Waals surface area contributed by atoms with E-state index >= 15 is 0 Å². The van der Waals surface area contributed by atoms with Crippen molar-refractivity contribution < 1.29 is 13.5 Å². The Balaban J connectivity index is 2.31. The van der Waals surface area contributed by atoms with Crippen molar-refractivity contribution in [3.8, 4) is 5.75 Å². The number of methoxy groups -OCH3 is 1. The van der Waals surface area contributed by atoms with E-state index in [1.807, 2.05) is 22.6 Å². The number of nitrogens with one attached hydrogen (secondary N) is 1. The molecule has 3 nitrogen and oxygen atoms in total. The first-order chi connectivity index (χ1) is 10.1. The summed E-state index contributed by atoms with van der Waals surface area (Å²) in [5, 5.41) is 0. The minimum Gasteiger partial charge on any atom is -0.494 e. The van der Waals surface area contributed by atoms with Gasteiger partial charge in [-0.2, -0.15) is 0 Å². The fourth-order valence-corrected chi connectivity index (χ4v) is 2.99. The highest BCUT2D eigenvalue weighted by molar-refractivity contribution is 14.1. The van der Waals surface area contributed by atoms with Gasteiger partial charge in [0.25, 0.3) is 0 Å². The number of rotatable bonds is 5. The molecule has 0 amide bonds. The summed E-state index contributed by atoms with van der Waals surface area (Å²) in [5.74, 6) is 5.05. The molecule has 1 unspecified atom stereocenters. The van der Waals surface area contributed by atoms with Crippen LogP contribution in [0.5, 0.6) is 5.75 Å². The fraction of sp³-hybridized carbons (Fsp3) is 0.200. The molecule has 0 aliphatic rings. The van der Waals surface area contributed by atoms with Crippen LogP contribution in [0.4, 0.5) is 8.78 Å². The Kier molecular flexibility index (Phi) is 5.49. The number of nitrogens with two attached hydrogens (primary N) is 1. The third-order valence-electron chi connectivity index (χ3n) is 3.23. The van der Waals surface area contributed by atoms with E-state index in [0.717, 1.165) is 9.13 Å². The molecule has 112 valence electrons. The highest BCUT2D eigenvalue weighted by Crippen LogP contribution is 2.27. The van der Waals surface area contributed by atoms with E-state index < -0.39 is 5.82 Å². The second kappa shape index (κ2) is 7.15. The van der Waals surface area contributed by atoms with E-state index in [0.29, 0.717) is 12.0 Å². The van der Waals surface area contributed by atoms with E-state index in [-0.39, 0.29) is 17.6 Å². The lowest BCUT2D eigenvalue weighted by Gasteiger charge is -2.19. The van der Waals surface area contributed by atoms with Crippen LogP contribution < -0.4 is 16.0 Å². The molecule has 2 aromatic carbocycles. The summed E-state index contributed by atoms with van der Waals surface area (Å²) < 4.78 is 33.1. The summed E-state index contributed by atoms with van der Waals surface area (Å²) in [7, 11) is 1.42. The highest BCUT2D eigenvalue weighted by atomic mass is 127. The van der Waals surface area contributed by atoms with Crippen LogP contribution in [0.15, 0.2) is 36.4 Å². The van der Waals surface area contributed by atoms with Crippen LogP contribution >= 0.6 is 22.6 Å². The molecule has 0 saturated heterocycles. The van der Waals surface area contributed by atoms with Gasteiger partial charge in [-0.15, -0.1) is 0 Å². The van der Waals surface area contributed by atoms with Gasteiger partial charge in [0.2, 0.25) is 0 Å². The van der Waals surface area contributed by atoms with Gasteiger partial charge in [-0.1, -0.05) is 18.2 Å². The molecule has 0 aliphatic carbocycles. The van der Waals surface area contributed by atoms with Crippen LogP contribution in [-0.4, -0.2) is 7.11 Å². The van der Waals surface area contributed by atoms with E-state index in [9.17, 15) is 8.78 Å². The molecule has 2 aromatic rings. The summed E-state index contributed by atoms with van der Waals surface area (Å²) >= 11 is 2.04. The van der Waals surface area contributed by atoms with Crippen molar-refractivity contribution >= 4 is 22.6 Å². The van der Waals surface area contributed by atoms with E-state index in [1.54, 1.807) is 24.3 Å². The van der Waals surface area contributed by atoms with Gasteiger partial charge in [-0.3, -0.25) is 11.3 Å². The molecular weight excluding hydrogens is 389 g/mol. The molecule has 1 atom stereocenters. The average molecular weight is 404 g/mol. The normalized spacial score (nSPS) is 12.2. The van der Waals surface area contributed by atoms with E-state index in [4.69, 9.17) is 10.6 Å². The Bertz CT molecular complexity index is 637. The summed E-state index contributed by atoms with van der Waals surface area (Å²) in [5.41, 5.74) is 3.96. The van der Waals surface area contributed by atoms with Crippen molar-refractivity contribution in [2.45, 2.75) is 12.5 Å². The third kappa shape index (κ3) is 3.69.